The molecule has 3 aromatic heterocycles. The third-order valence-corrected chi connectivity index (χ3v) is 18.7. The fourth-order valence-electron chi connectivity index (χ4n) is 13.7. The van der Waals surface area contributed by atoms with E-state index in [0.717, 1.165) is 47.4 Å². The average Bonchev–Trinajstić information content (AvgIpc) is 1.78. The molecule has 9 rings (SSSR count). The molecule has 0 aliphatic carbocycles. The van der Waals surface area contributed by atoms with E-state index in [9.17, 15) is 43.2 Å². The first-order chi connectivity index (χ1) is 51.8. The normalized spacial score (nSPS) is 12.7. The molecule has 9 amide bonds. The summed E-state index contributed by atoms with van der Waals surface area (Å²) in [6, 6.07) is 40.1. The molecular formula is C85H106N12O12. The molecule has 0 saturated carbocycles. The van der Waals surface area contributed by atoms with Crippen molar-refractivity contribution in [2.45, 2.75) is 180 Å². The number of benzene rings is 6. The van der Waals surface area contributed by atoms with E-state index in [-0.39, 0.29) is 38.5 Å². The largest absolute Gasteiger partial charge is 0.443 e. The second kappa shape index (κ2) is 36.3. The maximum atomic E-state index is 14.9. The summed E-state index contributed by atoms with van der Waals surface area (Å²) in [7, 11) is 5.61. The molecule has 0 bridgehead atoms. The Hall–Kier alpha value is -11.0. The highest BCUT2D eigenvalue weighted by Gasteiger charge is 2.42. The predicted octanol–water partition coefficient (Wildman–Crippen LogP) is 13.7. The van der Waals surface area contributed by atoms with Crippen molar-refractivity contribution in [3.05, 3.63) is 198 Å². The minimum atomic E-state index is -1.32. The van der Waals surface area contributed by atoms with Gasteiger partial charge in [0.1, 0.15) is 34.9 Å². The number of hydrogen-bond donors (Lipinski definition) is 6. The van der Waals surface area contributed by atoms with Gasteiger partial charge in [0.15, 0.2) is 0 Å². The van der Waals surface area contributed by atoms with Crippen molar-refractivity contribution >= 4 is 103 Å². The van der Waals surface area contributed by atoms with Gasteiger partial charge in [0.25, 0.3) is 0 Å². The third-order valence-electron chi connectivity index (χ3n) is 18.7. The summed E-state index contributed by atoms with van der Waals surface area (Å²) >= 11 is 0. The van der Waals surface area contributed by atoms with Crippen LogP contribution in [-0.2, 0) is 83.4 Å². The van der Waals surface area contributed by atoms with Crippen molar-refractivity contribution in [3.8, 4) is 0 Å². The van der Waals surface area contributed by atoms with Crippen LogP contribution in [0.3, 0.4) is 0 Å². The second-order valence-corrected chi connectivity index (χ2v) is 30.8. The number of rotatable bonds is 30. The Kier molecular flexibility index (Phi) is 27.3. The number of unbranched alkanes of at least 4 members (excludes halogenated alkanes) is 3. The fourth-order valence-corrected chi connectivity index (χ4v) is 13.7. The van der Waals surface area contributed by atoms with E-state index in [2.05, 4.69) is 16.0 Å². The van der Waals surface area contributed by atoms with Crippen LogP contribution in [0, 0.1) is 0 Å². The van der Waals surface area contributed by atoms with E-state index in [0.29, 0.717) is 109 Å². The number of amides is 9. The molecular weight excluding hydrogens is 1380 g/mol. The van der Waals surface area contributed by atoms with E-state index < -0.39 is 94.6 Å². The molecule has 0 radical (unpaired) electrons. The lowest BCUT2D eigenvalue weighted by Gasteiger charge is -2.31. The van der Waals surface area contributed by atoms with Crippen LogP contribution in [0.1, 0.15) is 159 Å². The zero-order chi connectivity index (χ0) is 79.1. The van der Waals surface area contributed by atoms with E-state index in [1.807, 2.05) is 163 Å². The number of imide groups is 3. The molecule has 9 N–H and O–H groups in total. The van der Waals surface area contributed by atoms with E-state index in [1.165, 1.54) is 0 Å². The van der Waals surface area contributed by atoms with Gasteiger partial charge < -0.3 is 61.1 Å². The predicted molar refractivity (Wildman–Crippen MR) is 425 cm³/mol. The molecule has 109 heavy (non-hydrogen) atoms. The lowest BCUT2D eigenvalue weighted by atomic mass is 9.85. The molecule has 3 atom stereocenters. The average molecular weight is 1490 g/mol. The van der Waals surface area contributed by atoms with Crippen molar-refractivity contribution in [1.82, 2.24) is 28.4 Å². The molecule has 9 aromatic rings. The minimum absolute atomic E-state index is 0.0819. The summed E-state index contributed by atoms with van der Waals surface area (Å²) in [4.78, 5) is 135. The van der Waals surface area contributed by atoms with Gasteiger partial charge in [-0.15, -0.1) is 0 Å². The van der Waals surface area contributed by atoms with Gasteiger partial charge in [0.05, 0.1) is 19.3 Å². The van der Waals surface area contributed by atoms with Gasteiger partial charge in [-0.25, -0.2) is 29.1 Å². The van der Waals surface area contributed by atoms with Gasteiger partial charge in [-0.1, -0.05) is 91.0 Å². The summed E-state index contributed by atoms with van der Waals surface area (Å²) in [5.41, 5.74) is 22.6. The SMILES string of the molecule is Cn1cc(CC(=O)N(C(=O)OC(C)(C)C)[C@@H](CCCCN)C(=O)Nc2ccc(C(c3ccc(NC(=O)[C@H](CCCCN)N(C(=O)Cc4cn(C)c5ccccc45)C(=O)OC(C)(C)C)cc3)c3ccc(NC(=O)[C@H](CCCCN)N(C(=O)Cc4cn(C)c5ccccc45)C(=O)OC(C)(C)C)cc3)cc2)c2ccccc21. The number of fused-ring (bicyclic) bond motifs is 3. The second-order valence-electron chi connectivity index (χ2n) is 30.8. The number of anilines is 3. The lowest BCUT2D eigenvalue weighted by Crippen LogP contribution is -2.52. The van der Waals surface area contributed by atoms with Crippen LogP contribution >= 0.6 is 0 Å². The molecule has 3 heterocycles. The summed E-state index contributed by atoms with van der Waals surface area (Å²) < 4.78 is 23.3. The van der Waals surface area contributed by atoms with Crippen LogP contribution in [0.5, 0.6) is 0 Å². The standard InChI is InChI=1S/C85H106N12O12/c1-83(2,3)107-80(104)95(73(98)49-58-52-92(10)67-28-16-13-25-64(58)67)70(31-19-22-46-86)77(101)89-61-40-34-55(35-41-61)76(56-36-42-62(43-37-56)90-78(102)71(32-20-23-47-87)96(81(105)108-84(4,5)6)74(99)50-59-53-93(11)68-29-17-14-26-65(59)68)57-38-44-63(45-39-57)91-79(103)72(33-21-24-48-88)97(82(106)109-85(7,8)9)75(100)51-60-54-94(12)69-30-18-15-27-66(60)69/h13-18,25-30,34-45,52-54,70-72,76H,19-24,31-33,46-51,86-88H2,1-12H3,(H,89,101)(H,90,102)(H,91,103)/t70-,71-,72-/m0/s1. The van der Waals surface area contributed by atoms with Gasteiger partial charge in [-0.05, 0) is 228 Å². The summed E-state index contributed by atoms with van der Waals surface area (Å²) in [5.74, 6) is -4.40. The summed E-state index contributed by atoms with van der Waals surface area (Å²) in [6.45, 7) is 16.1. The Bertz CT molecular complexity index is 4240. The van der Waals surface area contributed by atoms with Gasteiger partial charge >= 0.3 is 18.3 Å². The number of ether oxygens (including phenoxy) is 3. The Balaban J connectivity index is 1.06. The van der Waals surface area contributed by atoms with Crippen molar-refractivity contribution in [2.24, 2.45) is 38.3 Å². The van der Waals surface area contributed by atoms with Crippen LogP contribution in [0.2, 0.25) is 0 Å². The van der Waals surface area contributed by atoms with Crippen LogP contribution in [0.4, 0.5) is 31.4 Å². The van der Waals surface area contributed by atoms with Crippen LogP contribution in [-0.4, -0.2) is 137 Å². The maximum absolute atomic E-state index is 14.9. The van der Waals surface area contributed by atoms with Crippen molar-refractivity contribution in [3.63, 3.8) is 0 Å². The Labute approximate surface area is 637 Å². The van der Waals surface area contributed by atoms with Crippen LogP contribution < -0.4 is 33.2 Å². The molecule has 0 fully saturated rings. The highest BCUT2D eigenvalue weighted by Crippen LogP contribution is 2.36. The van der Waals surface area contributed by atoms with Crippen LogP contribution in [0.15, 0.2) is 164 Å². The molecule has 578 valence electrons. The zero-order valence-electron chi connectivity index (χ0n) is 64.8. The lowest BCUT2D eigenvalue weighted by molar-refractivity contribution is -0.137. The van der Waals surface area contributed by atoms with Gasteiger partial charge in [0, 0.05) is 95.4 Å². The molecule has 6 aromatic carbocycles. The number of nitrogens with one attached hydrogen (secondary N) is 3. The summed E-state index contributed by atoms with van der Waals surface area (Å²) in [6.07, 6.45) is 4.96. The number of hydrogen-bond acceptors (Lipinski definition) is 15. The number of carbonyl (C=O) groups excluding carboxylic acids is 9. The highest BCUT2D eigenvalue weighted by molar-refractivity contribution is 6.06. The molecule has 24 heteroatoms. The monoisotopic (exact) mass is 1490 g/mol. The van der Waals surface area contributed by atoms with Crippen LogP contribution in [0.25, 0.3) is 32.7 Å². The number of nitrogens with zero attached hydrogens (tertiary/aromatic N) is 6. The molecule has 24 nitrogen and oxygen atoms in total. The molecule has 0 aliphatic rings. The first-order valence-corrected chi connectivity index (χ1v) is 37.3. The number of aryl methyl sites for hydroxylation is 3. The van der Waals surface area contributed by atoms with E-state index in [1.54, 1.807) is 98.7 Å². The molecule has 0 spiro atoms. The highest BCUT2D eigenvalue weighted by atomic mass is 16.6. The van der Waals surface area contributed by atoms with E-state index in [4.69, 9.17) is 31.4 Å². The molecule has 0 unspecified atom stereocenters. The number of para-hydroxylation sites is 3. The fraction of sp³-hybridized carbons (Fsp3) is 0.400. The van der Waals surface area contributed by atoms with Gasteiger partial charge in [-0.2, -0.15) is 0 Å². The Morgan fingerprint density at radius 3 is 0.826 bits per heavy atom. The first-order valence-electron chi connectivity index (χ1n) is 37.3. The quantitative estimate of drug-likeness (QED) is 0.0138. The third kappa shape index (κ3) is 21.5. The maximum Gasteiger partial charge on any atom is 0.417 e. The Morgan fingerprint density at radius 1 is 0.358 bits per heavy atom. The smallest absolute Gasteiger partial charge is 0.417 e. The number of carbonyl (C=O) groups is 9. The van der Waals surface area contributed by atoms with Gasteiger partial charge in [0.2, 0.25) is 35.4 Å². The number of nitrogens with two attached hydrogens (primary N) is 3. The van der Waals surface area contributed by atoms with Crippen molar-refractivity contribution in [2.75, 3.05) is 35.6 Å². The number of aromatic nitrogens is 3. The zero-order valence-corrected chi connectivity index (χ0v) is 64.8. The Morgan fingerprint density at radius 2 is 0.596 bits per heavy atom. The van der Waals surface area contributed by atoms with Crippen molar-refractivity contribution in [1.29, 1.82) is 0 Å². The van der Waals surface area contributed by atoms with Crippen molar-refractivity contribution < 1.29 is 57.4 Å². The first kappa shape index (κ1) is 82.1. The van der Waals surface area contributed by atoms with Gasteiger partial charge in [-0.3, -0.25) is 28.8 Å². The van der Waals surface area contributed by atoms with E-state index >= 15 is 0 Å². The topological polar surface area (TPSA) is 320 Å². The summed E-state index contributed by atoms with van der Waals surface area (Å²) in [5, 5.41) is 11.5. The molecule has 0 saturated heterocycles. The minimum Gasteiger partial charge on any atom is -0.443 e. The molecule has 0 aliphatic heterocycles.